The van der Waals surface area contributed by atoms with Gasteiger partial charge in [-0.15, -0.1) is 0 Å². The molecule has 1 aromatic heterocycles. The summed E-state index contributed by atoms with van der Waals surface area (Å²) in [7, 11) is 0. The number of halogens is 3. The summed E-state index contributed by atoms with van der Waals surface area (Å²) in [5.41, 5.74) is -0.362. The zero-order valence-electron chi connectivity index (χ0n) is 14.5. The van der Waals surface area contributed by atoms with Gasteiger partial charge in [0.05, 0.1) is 5.56 Å². The van der Waals surface area contributed by atoms with Gasteiger partial charge in [0.1, 0.15) is 0 Å². The van der Waals surface area contributed by atoms with E-state index in [4.69, 9.17) is 0 Å². The Bertz CT molecular complexity index is 711. The van der Waals surface area contributed by atoms with Crippen LogP contribution in [0.25, 0.3) is 0 Å². The first-order valence-electron chi connectivity index (χ1n) is 8.85. The van der Waals surface area contributed by atoms with Gasteiger partial charge in [0.25, 0.3) is 0 Å². The van der Waals surface area contributed by atoms with Gasteiger partial charge in [-0.2, -0.15) is 18.3 Å². The predicted octanol–water partition coefficient (Wildman–Crippen LogP) is 3.89. The molecule has 140 valence electrons. The Morgan fingerprint density at radius 1 is 1.19 bits per heavy atom. The monoisotopic (exact) mass is 365 g/mol. The zero-order valence-corrected chi connectivity index (χ0v) is 14.5. The second kappa shape index (κ2) is 8.03. The Labute approximate surface area is 150 Å². The lowest BCUT2D eigenvalue weighted by atomic mass is 9.89. The van der Waals surface area contributed by atoms with Gasteiger partial charge in [-0.3, -0.25) is 9.48 Å². The molecule has 0 saturated carbocycles. The maximum Gasteiger partial charge on any atom is 0.416 e. The van der Waals surface area contributed by atoms with Crippen LogP contribution in [-0.2, 0) is 12.7 Å². The van der Waals surface area contributed by atoms with Crippen molar-refractivity contribution in [3.63, 3.8) is 0 Å². The molecule has 1 atom stereocenters. The molecule has 1 aliphatic rings. The second-order valence-corrected chi connectivity index (χ2v) is 6.70. The molecule has 0 N–H and O–H groups in total. The van der Waals surface area contributed by atoms with Crippen molar-refractivity contribution in [2.75, 3.05) is 19.6 Å². The molecule has 1 aromatic carbocycles. The Morgan fingerprint density at radius 3 is 2.62 bits per heavy atom. The highest BCUT2D eigenvalue weighted by atomic mass is 19.4. The smallest absolute Gasteiger partial charge is 0.303 e. The molecule has 7 heteroatoms. The molecular formula is C19H22F3N3O. The fourth-order valence-electron chi connectivity index (χ4n) is 3.42. The first-order chi connectivity index (χ1) is 12.4. The maximum atomic E-state index is 12.6. The van der Waals surface area contributed by atoms with Gasteiger partial charge in [-0.1, -0.05) is 12.1 Å². The van der Waals surface area contributed by atoms with Crippen LogP contribution >= 0.6 is 0 Å². The molecular weight excluding hydrogens is 343 g/mol. The lowest BCUT2D eigenvalue weighted by Crippen LogP contribution is -2.39. The average Bonchev–Trinajstić information content (AvgIpc) is 3.14. The number of nitrogens with zero attached hydrogens (tertiary/aromatic N) is 3. The van der Waals surface area contributed by atoms with E-state index >= 15 is 0 Å². The van der Waals surface area contributed by atoms with Crippen molar-refractivity contribution in [3.05, 3.63) is 53.9 Å². The van der Waals surface area contributed by atoms with E-state index in [0.29, 0.717) is 12.1 Å². The first kappa shape index (κ1) is 18.6. The van der Waals surface area contributed by atoms with Crippen LogP contribution in [0.5, 0.6) is 0 Å². The summed E-state index contributed by atoms with van der Waals surface area (Å²) in [6, 6.07) is 6.44. The van der Waals surface area contributed by atoms with Gasteiger partial charge in [0, 0.05) is 37.0 Å². The van der Waals surface area contributed by atoms with Gasteiger partial charge in [-0.05, 0) is 50.6 Å². The fraction of sp³-hybridized carbons (Fsp3) is 0.474. The molecule has 1 saturated heterocycles. The molecule has 3 rings (SSSR count). The van der Waals surface area contributed by atoms with Gasteiger partial charge in [-0.25, -0.2) is 0 Å². The van der Waals surface area contributed by atoms with Gasteiger partial charge < -0.3 is 4.90 Å². The maximum absolute atomic E-state index is 12.6. The zero-order chi connectivity index (χ0) is 18.6. The molecule has 0 spiro atoms. The Hall–Kier alpha value is -2.15. The van der Waals surface area contributed by atoms with Crippen molar-refractivity contribution < 1.29 is 18.0 Å². The summed E-state index contributed by atoms with van der Waals surface area (Å²) in [5, 5.41) is 4.17. The van der Waals surface area contributed by atoms with Crippen LogP contribution in [0.15, 0.2) is 42.7 Å². The summed E-state index contributed by atoms with van der Waals surface area (Å²) in [5.74, 6) is -0.208. The molecule has 0 aliphatic carbocycles. The lowest BCUT2D eigenvalue weighted by molar-refractivity contribution is -0.137. The molecule has 0 amide bonds. The van der Waals surface area contributed by atoms with E-state index in [0.717, 1.165) is 51.0 Å². The number of likely N-dealkylation sites (tertiary alicyclic amines) is 1. The van der Waals surface area contributed by atoms with Crippen molar-refractivity contribution in [1.29, 1.82) is 0 Å². The van der Waals surface area contributed by atoms with E-state index in [-0.39, 0.29) is 11.7 Å². The number of aromatic nitrogens is 2. The minimum Gasteiger partial charge on any atom is -0.303 e. The summed E-state index contributed by atoms with van der Waals surface area (Å²) in [6.07, 6.45) is 1.96. The number of aryl methyl sites for hydroxylation is 1. The normalized spacial score (nSPS) is 18.8. The highest BCUT2D eigenvalue weighted by Gasteiger charge is 2.31. The summed E-state index contributed by atoms with van der Waals surface area (Å²) in [6.45, 7) is 3.34. The SMILES string of the molecule is O=C(c1ccc(C(F)(F)F)cc1)[C@H]1CCCN(CCCn2cccn2)C1. The van der Waals surface area contributed by atoms with E-state index < -0.39 is 11.7 Å². The van der Waals surface area contributed by atoms with Crippen LogP contribution in [0, 0.1) is 5.92 Å². The number of carbonyl (C=O) groups is 1. The first-order valence-corrected chi connectivity index (χ1v) is 8.85. The van der Waals surface area contributed by atoms with Crippen LogP contribution in [0.2, 0.25) is 0 Å². The number of piperidine rings is 1. The Kier molecular flexibility index (Phi) is 5.76. The van der Waals surface area contributed by atoms with Crippen molar-refractivity contribution in [1.82, 2.24) is 14.7 Å². The number of Topliss-reactive ketones (excluding diaryl/α,β-unsaturated/α-hetero) is 1. The molecule has 4 nitrogen and oxygen atoms in total. The summed E-state index contributed by atoms with van der Waals surface area (Å²) >= 11 is 0. The minimum absolute atomic E-state index is 0.0597. The third-order valence-electron chi connectivity index (χ3n) is 4.79. The van der Waals surface area contributed by atoms with Crippen molar-refractivity contribution in [3.8, 4) is 0 Å². The standard InChI is InChI=1S/C19H22F3N3O/c20-19(21,22)17-7-5-15(6-8-17)18(26)16-4-1-10-24(14-16)11-3-13-25-12-2-9-23-25/h2,5-9,12,16H,1,3-4,10-11,13-14H2/t16-/m0/s1. The van der Waals surface area contributed by atoms with E-state index in [1.54, 1.807) is 6.20 Å². The van der Waals surface area contributed by atoms with Gasteiger partial charge in [0.15, 0.2) is 5.78 Å². The third-order valence-corrected chi connectivity index (χ3v) is 4.79. The number of hydrogen-bond acceptors (Lipinski definition) is 3. The molecule has 1 fully saturated rings. The van der Waals surface area contributed by atoms with Crippen LogP contribution in [-0.4, -0.2) is 40.1 Å². The number of rotatable bonds is 6. The molecule has 0 radical (unpaired) electrons. The molecule has 0 unspecified atom stereocenters. The van der Waals surface area contributed by atoms with Gasteiger partial charge >= 0.3 is 6.18 Å². The largest absolute Gasteiger partial charge is 0.416 e. The van der Waals surface area contributed by atoms with Crippen molar-refractivity contribution in [2.24, 2.45) is 5.92 Å². The number of alkyl halides is 3. The lowest BCUT2D eigenvalue weighted by Gasteiger charge is -2.32. The Balaban J connectivity index is 1.54. The van der Waals surface area contributed by atoms with Crippen LogP contribution in [0.4, 0.5) is 13.2 Å². The fourth-order valence-corrected chi connectivity index (χ4v) is 3.42. The highest BCUT2D eigenvalue weighted by Crippen LogP contribution is 2.30. The number of hydrogen-bond donors (Lipinski definition) is 0. The molecule has 1 aliphatic heterocycles. The molecule has 2 heterocycles. The van der Waals surface area contributed by atoms with Crippen molar-refractivity contribution in [2.45, 2.75) is 32.0 Å². The number of benzene rings is 1. The predicted molar refractivity (Wildman–Crippen MR) is 91.8 cm³/mol. The average molecular weight is 365 g/mol. The summed E-state index contributed by atoms with van der Waals surface area (Å²) in [4.78, 5) is 14.9. The van der Waals surface area contributed by atoms with Crippen molar-refractivity contribution >= 4 is 5.78 Å². The third kappa shape index (κ3) is 4.72. The number of carbonyl (C=O) groups excluding carboxylic acids is 1. The summed E-state index contributed by atoms with van der Waals surface area (Å²) < 4.78 is 39.8. The highest BCUT2D eigenvalue weighted by molar-refractivity contribution is 5.98. The quantitative estimate of drug-likeness (QED) is 0.729. The minimum atomic E-state index is -4.38. The van der Waals surface area contributed by atoms with Crippen LogP contribution in [0.3, 0.4) is 0 Å². The number of ketones is 1. The van der Waals surface area contributed by atoms with Crippen LogP contribution < -0.4 is 0 Å². The van der Waals surface area contributed by atoms with Crippen LogP contribution in [0.1, 0.15) is 35.2 Å². The molecule has 2 aromatic rings. The second-order valence-electron chi connectivity index (χ2n) is 6.70. The van der Waals surface area contributed by atoms with E-state index in [1.807, 2.05) is 16.9 Å². The van der Waals surface area contributed by atoms with E-state index in [9.17, 15) is 18.0 Å². The topological polar surface area (TPSA) is 38.1 Å². The van der Waals surface area contributed by atoms with E-state index in [2.05, 4.69) is 10.00 Å². The molecule has 0 bridgehead atoms. The Morgan fingerprint density at radius 2 is 1.96 bits per heavy atom. The van der Waals surface area contributed by atoms with Gasteiger partial charge in [0.2, 0.25) is 0 Å². The molecule has 26 heavy (non-hydrogen) atoms. The van der Waals surface area contributed by atoms with E-state index in [1.165, 1.54) is 12.1 Å².